The van der Waals surface area contributed by atoms with E-state index in [1.807, 2.05) is 30.3 Å². The third kappa shape index (κ3) is 13.8. The fourth-order valence-electron chi connectivity index (χ4n) is 5.00. The van der Waals surface area contributed by atoms with E-state index >= 15 is 0 Å². The molecule has 0 saturated carbocycles. The first-order chi connectivity index (χ1) is 25.9. The molecule has 0 aliphatic carbocycles. The molecule has 1 unspecified atom stereocenters. The number of ether oxygens (including phenoxy) is 6. The van der Waals surface area contributed by atoms with Crippen molar-refractivity contribution in [2.75, 3.05) is 52.9 Å². The van der Waals surface area contributed by atoms with E-state index in [0.29, 0.717) is 68.7 Å². The largest absolute Gasteiger partial charge is 0.489 e. The Morgan fingerprint density at radius 1 is 0.778 bits per heavy atom. The number of rotatable bonds is 21. The molecule has 0 spiro atoms. The van der Waals surface area contributed by atoms with Crippen LogP contribution in [0.1, 0.15) is 42.3 Å². The number of nitrogens with zero attached hydrogens (tertiary/aromatic N) is 3. The minimum Gasteiger partial charge on any atom is -0.489 e. The summed E-state index contributed by atoms with van der Waals surface area (Å²) in [6, 6.07) is 15.9. The van der Waals surface area contributed by atoms with Gasteiger partial charge in [-0.05, 0) is 37.5 Å². The summed E-state index contributed by atoms with van der Waals surface area (Å²) in [4.78, 5) is 43.5. The van der Waals surface area contributed by atoms with Crippen LogP contribution < -0.4 is 15.6 Å². The molecule has 0 radical (unpaired) electrons. The molecule has 2 aromatic carbocycles. The van der Waals surface area contributed by atoms with Gasteiger partial charge in [-0.2, -0.15) is 5.10 Å². The van der Waals surface area contributed by atoms with Crippen LogP contribution in [0.4, 0.5) is 0 Å². The molecule has 0 aliphatic heterocycles. The molecule has 2 aromatic heterocycles. The van der Waals surface area contributed by atoms with Gasteiger partial charge in [0, 0.05) is 25.9 Å². The molecule has 290 valence electrons. The van der Waals surface area contributed by atoms with E-state index < -0.39 is 23.5 Å². The number of hydrogen-bond donors (Lipinski definition) is 1. The van der Waals surface area contributed by atoms with Crippen LogP contribution in [0.5, 0.6) is 5.75 Å². The maximum absolute atomic E-state index is 13.2. The third-order valence-corrected chi connectivity index (χ3v) is 8.15. The van der Waals surface area contributed by atoms with Gasteiger partial charge in [-0.25, -0.2) is 9.48 Å². The molecule has 1 atom stereocenters. The molecule has 4 rings (SSSR count). The van der Waals surface area contributed by atoms with Gasteiger partial charge < -0.3 is 33.7 Å². The van der Waals surface area contributed by atoms with Crippen molar-refractivity contribution in [2.45, 2.75) is 45.4 Å². The van der Waals surface area contributed by atoms with Gasteiger partial charge in [-0.15, -0.1) is 0 Å². The van der Waals surface area contributed by atoms with Crippen molar-refractivity contribution < 1.29 is 38.0 Å². The van der Waals surface area contributed by atoms with Crippen molar-refractivity contribution in [3.05, 3.63) is 110 Å². The number of nitrogens with one attached hydrogen (secondary N) is 1. The van der Waals surface area contributed by atoms with Crippen LogP contribution in [-0.2, 0) is 48.6 Å². The Hall–Kier alpha value is -4.37. The monoisotopic (exact) mass is 784 g/mol. The molecule has 0 fully saturated rings. The van der Waals surface area contributed by atoms with Gasteiger partial charge in [0.15, 0.2) is 5.75 Å². The van der Waals surface area contributed by atoms with Crippen LogP contribution in [-0.4, -0.2) is 91.1 Å². The van der Waals surface area contributed by atoms with Crippen molar-refractivity contribution in [1.82, 2.24) is 20.1 Å². The van der Waals surface area contributed by atoms with Crippen LogP contribution in [0.15, 0.2) is 78.0 Å². The molecule has 1 N–H and O–H groups in total. The fraction of sp³-hybridized carbons (Fsp3) is 0.410. The average molecular weight is 786 g/mol. The number of carbonyl (C=O) groups excluding carboxylic acids is 2. The van der Waals surface area contributed by atoms with Crippen LogP contribution >= 0.6 is 23.2 Å². The predicted octanol–water partition coefficient (Wildman–Crippen LogP) is 5.48. The number of benzene rings is 2. The Morgan fingerprint density at radius 3 is 1.94 bits per heavy atom. The van der Waals surface area contributed by atoms with E-state index in [1.165, 1.54) is 23.3 Å². The topological polar surface area (TPSA) is 149 Å². The van der Waals surface area contributed by atoms with Crippen molar-refractivity contribution >= 4 is 35.1 Å². The van der Waals surface area contributed by atoms with Crippen LogP contribution in [0.3, 0.4) is 0 Å². The zero-order chi connectivity index (χ0) is 38.9. The molecule has 1 amide bonds. The summed E-state index contributed by atoms with van der Waals surface area (Å²) in [7, 11) is 1.55. The van der Waals surface area contributed by atoms with Gasteiger partial charge in [0.05, 0.1) is 80.2 Å². The lowest BCUT2D eigenvalue weighted by Crippen LogP contribution is -2.45. The minimum absolute atomic E-state index is 0.00455. The van der Waals surface area contributed by atoms with E-state index in [0.717, 1.165) is 5.56 Å². The first-order valence-electron chi connectivity index (χ1n) is 17.4. The van der Waals surface area contributed by atoms with Gasteiger partial charge in [-0.3, -0.25) is 14.6 Å². The molecular weight excluding hydrogens is 739 g/mol. The highest BCUT2D eigenvalue weighted by molar-refractivity contribution is 6.39. The number of aromatic nitrogens is 3. The van der Waals surface area contributed by atoms with Crippen LogP contribution in [0, 0.1) is 0 Å². The van der Waals surface area contributed by atoms with Crippen molar-refractivity contribution in [3.8, 4) is 16.9 Å². The Labute approximate surface area is 324 Å². The Balaban J connectivity index is 1.25. The van der Waals surface area contributed by atoms with Crippen molar-refractivity contribution in [2.24, 2.45) is 7.05 Å². The smallest absolute Gasteiger partial charge is 0.329 e. The maximum atomic E-state index is 13.2. The number of halogens is 2. The normalized spacial score (nSPS) is 12.0. The Kier molecular flexibility index (Phi) is 16.9. The number of esters is 1. The van der Waals surface area contributed by atoms with E-state index in [4.69, 9.17) is 51.6 Å². The minimum atomic E-state index is -1.08. The van der Waals surface area contributed by atoms with Gasteiger partial charge in [-0.1, -0.05) is 77.8 Å². The third-order valence-electron chi connectivity index (χ3n) is 7.57. The summed E-state index contributed by atoms with van der Waals surface area (Å²) in [5.74, 6) is -1.00. The molecule has 13 nitrogen and oxygen atoms in total. The molecule has 0 saturated heterocycles. The first kappa shape index (κ1) is 42.4. The van der Waals surface area contributed by atoms with Crippen LogP contribution in [0.25, 0.3) is 11.1 Å². The second-order valence-corrected chi connectivity index (χ2v) is 13.8. The summed E-state index contributed by atoms with van der Waals surface area (Å²) < 4.78 is 35.0. The van der Waals surface area contributed by atoms with E-state index in [1.54, 1.807) is 52.1 Å². The fourth-order valence-corrected chi connectivity index (χ4v) is 5.54. The molecule has 15 heteroatoms. The zero-order valence-corrected chi connectivity index (χ0v) is 32.4. The van der Waals surface area contributed by atoms with Gasteiger partial charge in [0.1, 0.15) is 18.2 Å². The highest BCUT2D eigenvalue weighted by Crippen LogP contribution is 2.27. The van der Waals surface area contributed by atoms with Crippen molar-refractivity contribution in [1.29, 1.82) is 0 Å². The second kappa shape index (κ2) is 21.5. The number of amides is 1. The lowest BCUT2D eigenvalue weighted by molar-refractivity contribution is -0.157. The van der Waals surface area contributed by atoms with E-state index in [-0.39, 0.29) is 40.8 Å². The Bertz CT molecular complexity index is 1830. The number of carbonyl (C=O) groups is 2. The van der Waals surface area contributed by atoms with Gasteiger partial charge in [0.2, 0.25) is 0 Å². The molecule has 4 aromatic rings. The predicted molar refractivity (Wildman–Crippen MR) is 204 cm³/mol. The summed E-state index contributed by atoms with van der Waals surface area (Å²) >= 11 is 12.4. The van der Waals surface area contributed by atoms with E-state index in [2.05, 4.69) is 15.4 Å². The van der Waals surface area contributed by atoms with Gasteiger partial charge in [0.25, 0.3) is 11.5 Å². The highest BCUT2D eigenvalue weighted by atomic mass is 35.5. The summed E-state index contributed by atoms with van der Waals surface area (Å²) in [6.07, 6.45) is 4.14. The molecular formula is C39H46Cl2N4O9. The lowest BCUT2D eigenvalue weighted by atomic mass is 10.0. The summed E-state index contributed by atoms with van der Waals surface area (Å²) in [5, 5.41) is 6.89. The SMILES string of the molecule is Cn1ncc(OCCOCCOCCOCCOCc2ccccc2)c(-c2ccc(CC(NC(=O)c3c(Cl)cncc3Cl)C(=O)OC(C)(C)C)cc2)c1=O. The van der Waals surface area contributed by atoms with E-state index in [9.17, 15) is 14.4 Å². The quantitative estimate of drug-likeness (QED) is 0.0846. The molecule has 2 heterocycles. The zero-order valence-electron chi connectivity index (χ0n) is 30.8. The maximum Gasteiger partial charge on any atom is 0.329 e. The van der Waals surface area contributed by atoms with Crippen LogP contribution in [0.2, 0.25) is 10.0 Å². The number of aryl methyl sites for hydroxylation is 1. The molecule has 0 aliphatic rings. The standard InChI is InChI=1S/C39H46Cl2N4O9/c1-39(2,3)54-38(48)32(44-36(46)35-30(40)23-42-24-31(35)41)22-27-10-12-29(13-11-27)34-33(25-43-45(4)37(34)47)53-21-20-51-17-16-49-14-15-50-18-19-52-26-28-8-6-5-7-9-28/h5-13,23-25,32H,14-22,26H2,1-4H3,(H,44,46). The number of pyridine rings is 1. The van der Waals surface area contributed by atoms with Gasteiger partial charge >= 0.3 is 5.97 Å². The molecule has 54 heavy (non-hydrogen) atoms. The number of hydrogen-bond acceptors (Lipinski definition) is 11. The molecule has 0 bridgehead atoms. The highest BCUT2D eigenvalue weighted by Gasteiger charge is 2.29. The lowest BCUT2D eigenvalue weighted by Gasteiger charge is -2.25. The summed E-state index contributed by atoms with van der Waals surface area (Å²) in [5.41, 5.74) is 1.53. The Morgan fingerprint density at radius 2 is 1.35 bits per heavy atom. The van der Waals surface area contributed by atoms with Crippen molar-refractivity contribution in [3.63, 3.8) is 0 Å². The average Bonchev–Trinajstić information content (AvgIpc) is 3.13. The summed E-state index contributed by atoms with van der Waals surface area (Å²) in [6.45, 7) is 8.82. The first-order valence-corrected chi connectivity index (χ1v) is 18.1. The second-order valence-electron chi connectivity index (χ2n) is 13.0.